The monoisotopic (exact) mass is 362 g/mol. The molecule has 2 amide bonds. The Morgan fingerprint density at radius 3 is 2.12 bits per heavy atom. The van der Waals surface area contributed by atoms with E-state index in [1.165, 1.54) is 0 Å². The summed E-state index contributed by atoms with van der Waals surface area (Å²) in [5.74, 6) is -2.05. The van der Waals surface area contributed by atoms with E-state index in [4.69, 9.17) is 16.6 Å². The van der Waals surface area contributed by atoms with E-state index in [0.29, 0.717) is 19.4 Å². The average molecular weight is 362 g/mol. The molecular weight excluding hydrogens is 332 g/mol. The van der Waals surface area contributed by atoms with Crippen molar-refractivity contribution in [3.05, 3.63) is 0 Å². The topological polar surface area (TPSA) is 148 Å². The van der Waals surface area contributed by atoms with Crippen molar-refractivity contribution in [1.82, 2.24) is 10.6 Å². The highest BCUT2D eigenvalue weighted by atomic mass is 32.1. The Balaban J connectivity index is 4.78. The molecule has 0 aliphatic rings. The van der Waals surface area contributed by atoms with Crippen LogP contribution in [0.4, 0.5) is 0 Å². The predicted molar refractivity (Wildman–Crippen MR) is 95.7 cm³/mol. The summed E-state index contributed by atoms with van der Waals surface area (Å²) in [7, 11) is 0. The van der Waals surface area contributed by atoms with Gasteiger partial charge >= 0.3 is 5.97 Å². The van der Waals surface area contributed by atoms with E-state index in [9.17, 15) is 14.4 Å². The number of thiol groups is 1. The number of hydrogen-bond donors (Lipinski definition) is 6. The lowest BCUT2D eigenvalue weighted by Gasteiger charge is -2.23. The molecule has 3 unspecified atom stereocenters. The summed E-state index contributed by atoms with van der Waals surface area (Å²) in [5.41, 5.74) is 11.2. The van der Waals surface area contributed by atoms with Crippen LogP contribution in [0.3, 0.4) is 0 Å². The van der Waals surface area contributed by atoms with Gasteiger partial charge in [-0.25, -0.2) is 4.79 Å². The van der Waals surface area contributed by atoms with E-state index in [1.54, 1.807) is 0 Å². The molecule has 0 aromatic rings. The first-order valence-electron chi connectivity index (χ1n) is 8.12. The zero-order valence-corrected chi connectivity index (χ0v) is 15.2. The van der Waals surface area contributed by atoms with Crippen molar-refractivity contribution in [2.75, 3.05) is 12.3 Å². The molecule has 140 valence electrons. The van der Waals surface area contributed by atoms with Gasteiger partial charge in [0.2, 0.25) is 11.8 Å². The van der Waals surface area contributed by atoms with Crippen molar-refractivity contribution < 1.29 is 19.5 Å². The number of carboxylic acids is 1. The molecule has 0 aliphatic heterocycles. The van der Waals surface area contributed by atoms with Gasteiger partial charge in [0.15, 0.2) is 0 Å². The van der Waals surface area contributed by atoms with E-state index >= 15 is 0 Å². The summed E-state index contributed by atoms with van der Waals surface area (Å²) >= 11 is 3.90. The van der Waals surface area contributed by atoms with Crippen molar-refractivity contribution in [1.29, 1.82) is 0 Å². The molecule has 8 nitrogen and oxygen atoms in total. The number of carbonyl (C=O) groups excluding carboxylic acids is 2. The van der Waals surface area contributed by atoms with E-state index in [-0.39, 0.29) is 11.7 Å². The number of amides is 2. The van der Waals surface area contributed by atoms with Gasteiger partial charge in [-0.3, -0.25) is 9.59 Å². The second kappa shape index (κ2) is 12.1. The Bertz CT molecular complexity index is 420. The minimum absolute atomic E-state index is 0.0397. The lowest BCUT2D eigenvalue weighted by atomic mass is 10.0. The molecule has 24 heavy (non-hydrogen) atoms. The normalized spacial score (nSPS) is 14.8. The number of unbranched alkanes of at least 4 members (excludes halogenated alkanes) is 1. The molecule has 0 spiro atoms. The van der Waals surface area contributed by atoms with Crippen molar-refractivity contribution in [3.8, 4) is 0 Å². The van der Waals surface area contributed by atoms with E-state index < -0.39 is 35.9 Å². The van der Waals surface area contributed by atoms with Crippen LogP contribution < -0.4 is 22.1 Å². The highest BCUT2D eigenvalue weighted by molar-refractivity contribution is 7.80. The fraction of sp³-hybridized carbons (Fsp3) is 0.800. The molecule has 0 fully saturated rings. The minimum atomic E-state index is -1.17. The van der Waals surface area contributed by atoms with Crippen LogP contribution in [-0.2, 0) is 14.4 Å². The molecule has 0 aromatic heterocycles. The van der Waals surface area contributed by atoms with Crippen LogP contribution in [0.5, 0.6) is 0 Å². The zero-order valence-electron chi connectivity index (χ0n) is 14.3. The van der Waals surface area contributed by atoms with Crippen molar-refractivity contribution in [2.45, 2.75) is 57.7 Å². The largest absolute Gasteiger partial charge is 0.480 e. The first kappa shape index (κ1) is 22.7. The van der Waals surface area contributed by atoms with Gasteiger partial charge in [0.1, 0.15) is 12.1 Å². The smallest absolute Gasteiger partial charge is 0.327 e. The molecule has 0 bridgehead atoms. The maximum Gasteiger partial charge on any atom is 0.327 e. The van der Waals surface area contributed by atoms with Crippen molar-refractivity contribution in [2.24, 2.45) is 17.4 Å². The highest BCUT2D eigenvalue weighted by Gasteiger charge is 2.27. The van der Waals surface area contributed by atoms with Gasteiger partial charge in [-0.2, -0.15) is 12.6 Å². The molecular formula is C15H30N4O4S. The van der Waals surface area contributed by atoms with Crippen LogP contribution in [0.1, 0.15) is 39.5 Å². The molecule has 0 radical (unpaired) electrons. The molecule has 7 N–H and O–H groups in total. The zero-order chi connectivity index (χ0) is 18.7. The second-order valence-electron chi connectivity index (χ2n) is 6.16. The number of rotatable bonds is 12. The van der Waals surface area contributed by atoms with E-state index in [2.05, 4.69) is 23.3 Å². The Kier molecular flexibility index (Phi) is 11.4. The quantitative estimate of drug-likeness (QED) is 0.203. The van der Waals surface area contributed by atoms with Gasteiger partial charge in [-0.15, -0.1) is 0 Å². The van der Waals surface area contributed by atoms with Crippen molar-refractivity contribution >= 4 is 30.4 Å². The third-order valence-electron chi connectivity index (χ3n) is 3.44. The van der Waals surface area contributed by atoms with Crippen LogP contribution in [0.15, 0.2) is 0 Å². The molecule has 9 heteroatoms. The lowest BCUT2D eigenvalue weighted by Crippen LogP contribution is -2.55. The number of aliphatic carboxylic acids is 1. The Hall–Kier alpha value is -1.32. The molecule has 3 atom stereocenters. The number of hydrogen-bond acceptors (Lipinski definition) is 6. The first-order valence-corrected chi connectivity index (χ1v) is 8.76. The third kappa shape index (κ3) is 9.09. The van der Waals surface area contributed by atoms with E-state index in [0.717, 1.165) is 12.8 Å². The van der Waals surface area contributed by atoms with Gasteiger partial charge in [0, 0.05) is 5.75 Å². The molecule has 0 rings (SSSR count). The molecule has 0 saturated carbocycles. The maximum absolute atomic E-state index is 12.3. The van der Waals surface area contributed by atoms with Crippen LogP contribution in [0.25, 0.3) is 0 Å². The van der Waals surface area contributed by atoms with Gasteiger partial charge in [-0.05, 0) is 31.7 Å². The molecule has 0 aromatic carbocycles. The Labute approximate surface area is 148 Å². The summed E-state index contributed by atoms with van der Waals surface area (Å²) in [5, 5.41) is 14.0. The maximum atomic E-state index is 12.3. The van der Waals surface area contributed by atoms with Crippen molar-refractivity contribution in [3.63, 3.8) is 0 Å². The van der Waals surface area contributed by atoms with Gasteiger partial charge in [-0.1, -0.05) is 20.3 Å². The van der Waals surface area contributed by atoms with Gasteiger partial charge in [0.25, 0.3) is 0 Å². The number of carboxylic acid groups (broad SMARTS) is 1. The molecule has 0 aliphatic carbocycles. The first-order chi connectivity index (χ1) is 11.2. The average Bonchev–Trinajstić information content (AvgIpc) is 2.50. The summed E-state index contributed by atoms with van der Waals surface area (Å²) in [6.45, 7) is 4.34. The lowest BCUT2D eigenvalue weighted by molar-refractivity contribution is -0.141. The van der Waals surface area contributed by atoms with Crippen LogP contribution in [0.2, 0.25) is 0 Å². The van der Waals surface area contributed by atoms with Crippen LogP contribution in [-0.4, -0.2) is 53.3 Å². The van der Waals surface area contributed by atoms with Crippen LogP contribution in [0, 0.1) is 5.92 Å². The second-order valence-corrected chi connectivity index (χ2v) is 6.53. The number of nitrogens with two attached hydrogens (primary N) is 2. The minimum Gasteiger partial charge on any atom is -0.480 e. The summed E-state index contributed by atoms with van der Waals surface area (Å²) in [4.78, 5) is 35.4. The molecule has 0 saturated heterocycles. The standard InChI is InChI=1S/C15H30N4O4S/c1-9(2)7-11(14(21)19-12(8-24)15(22)23)18-13(20)10(17)5-3-4-6-16/h9-12,24H,3-8,16-17H2,1-2H3,(H,18,20)(H,19,21)(H,22,23). The van der Waals surface area contributed by atoms with Crippen LogP contribution >= 0.6 is 12.6 Å². The van der Waals surface area contributed by atoms with Gasteiger partial charge < -0.3 is 27.2 Å². The number of nitrogens with one attached hydrogen (secondary N) is 2. The fourth-order valence-corrected chi connectivity index (χ4v) is 2.33. The Morgan fingerprint density at radius 1 is 1.08 bits per heavy atom. The molecule has 0 heterocycles. The predicted octanol–water partition coefficient (Wildman–Crippen LogP) is -0.527. The van der Waals surface area contributed by atoms with E-state index in [1.807, 2.05) is 13.8 Å². The SMILES string of the molecule is CC(C)CC(NC(=O)C(N)CCCCN)C(=O)NC(CS)C(=O)O. The summed E-state index contributed by atoms with van der Waals surface area (Å²) in [6.07, 6.45) is 2.37. The summed E-state index contributed by atoms with van der Waals surface area (Å²) in [6, 6.07) is -2.66. The third-order valence-corrected chi connectivity index (χ3v) is 3.81. The van der Waals surface area contributed by atoms with Gasteiger partial charge in [0.05, 0.1) is 6.04 Å². The number of carbonyl (C=O) groups is 3. The summed E-state index contributed by atoms with van der Waals surface area (Å²) < 4.78 is 0. The Morgan fingerprint density at radius 2 is 1.67 bits per heavy atom. The highest BCUT2D eigenvalue weighted by Crippen LogP contribution is 2.07. The fourth-order valence-electron chi connectivity index (χ4n) is 2.08.